The van der Waals surface area contributed by atoms with E-state index in [1.807, 2.05) is 6.92 Å². The van der Waals surface area contributed by atoms with E-state index >= 15 is 0 Å². The van der Waals surface area contributed by atoms with Crippen molar-refractivity contribution in [1.82, 2.24) is 0 Å². The molecule has 2 N–H and O–H groups in total. The molecule has 1 fully saturated rings. The van der Waals surface area contributed by atoms with Crippen LogP contribution in [-0.2, 0) is 19.1 Å². The van der Waals surface area contributed by atoms with E-state index in [4.69, 9.17) is 5.73 Å². The van der Waals surface area contributed by atoms with Crippen molar-refractivity contribution in [3.8, 4) is 0 Å². The Morgan fingerprint density at radius 2 is 2.08 bits per heavy atom. The molecule has 5 nitrogen and oxygen atoms in total. The van der Waals surface area contributed by atoms with Crippen LogP contribution in [0.25, 0.3) is 0 Å². The Morgan fingerprint density at radius 1 is 1.42 bits per heavy atom. The van der Waals surface area contributed by atoms with Gasteiger partial charge in [0.15, 0.2) is 0 Å². The molecule has 0 saturated heterocycles. The minimum absolute atomic E-state index is 0.0667. The van der Waals surface area contributed by atoms with Gasteiger partial charge in [0.2, 0.25) is 5.91 Å². The number of halogens is 3. The fraction of sp³-hybridized carbons (Fsp3) is 0.824. The summed E-state index contributed by atoms with van der Waals surface area (Å²) in [7, 11) is -5.64. The minimum Gasteiger partial charge on any atom is -0.381 e. The van der Waals surface area contributed by atoms with Gasteiger partial charge in [0.1, 0.15) is 5.76 Å². The van der Waals surface area contributed by atoms with Gasteiger partial charge in [0, 0.05) is 12.3 Å². The summed E-state index contributed by atoms with van der Waals surface area (Å²) in [4.78, 5) is 10.9. The monoisotopic (exact) mass is 397 g/mol. The van der Waals surface area contributed by atoms with E-state index < -0.39 is 15.6 Å². The molecule has 150 valence electrons. The molecule has 2 rings (SSSR count). The molecule has 4 atom stereocenters. The molecule has 0 aromatic carbocycles. The molecule has 0 radical (unpaired) electrons. The van der Waals surface area contributed by atoms with Crippen LogP contribution in [0.4, 0.5) is 13.2 Å². The van der Waals surface area contributed by atoms with E-state index in [0.29, 0.717) is 25.7 Å². The highest BCUT2D eigenvalue weighted by Crippen LogP contribution is 2.59. The van der Waals surface area contributed by atoms with E-state index in [-0.39, 0.29) is 34.8 Å². The van der Waals surface area contributed by atoms with Gasteiger partial charge in [-0.2, -0.15) is 21.6 Å². The summed E-state index contributed by atoms with van der Waals surface area (Å²) in [6.07, 6.45) is 5.94. The number of amides is 1. The number of rotatable bonds is 7. The predicted octanol–water partition coefficient (Wildman–Crippen LogP) is 3.85. The molecule has 0 unspecified atom stereocenters. The number of hydrogen-bond donors (Lipinski definition) is 1. The Kier molecular flexibility index (Phi) is 5.99. The molecule has 0 spiro atoms. The third-order valence-electron chi connectivity index (χ3n) is 6.04. The Hall–Kier alpha value is -1.25. The first kappa shape index (κ1) is 21.1. The van der Waals surface area contributed by atoms with Gasteiger partial charge in [-0.1, -0.05) is 13.8 Å². The van der Waals surface area contributed by atoms with Crippen molar-refractivity contribution >= 4 is 16.0 Å². The number of carbonyl (C=O) groups excluding carboxylic acids is 1. The molecular weight excluding hydrogens is 371 g/mol. The highest BCUT2D eigenvalue weighted by Gasteiger charge is 2.54. The van der Waals surface area contributed by atoms with Crippen molar-refractivity contribution in [3.63, 3.8) is 0 Å². The molecule has 0 aliphatic heterocycles. The number of nitrogens with two attached hydrogens (primary N) is 1. The van der Waals surface area contributed by atoms with Crippen LogP contribution in [0.15, 0.2) is 11.8 Å². The zero-order valence-electron chi connectivity index (χ0n) is 15.0. The SMILES string of the molecule is C[C@H](CCCC(N)=O)[C@H]1CC[C@H]2C(OS(=O)(=O)C(F)(F)F)=CCC[C@]12C. The molecule has 0 aromatic heterocycles. The Labute approximate surface area is 152 Å². The van der Waals surface area contributed by atoms with E-state index in [2.05, 4.69) is 11.1 Å². The zero-order valence-corrected chi connectivity index (χ0v) is 15.8. The normalized spacial score (nSPS) is 30.4. The highest BCUT2D eigenvalue weighted by molar-refractivity contribution is 7.87. The van der Waals surface area contributed by atoms with E-state index in [1.165, 1.54) is 6.08 Å². The summed E-state index contributed by atoms with van der Waals surface area (Å²) in [5, 5.41) is 0. The largest absolute Gasteiger partial charge is 0.534 e. The average Bonchev–Trinajstić information content (AvgIpc) is 2.83. The number of primary amides is 1. The van der Waals surface area contributed by atoms with Crippen LogP contribution in [-0.4, -0.2) is 19.8 Å². The molecule has 2 aliphatic rings. The van der Waals surface area contributed by atoms with Gasteiger partial charge in [0.25, 0.3) is 0 Å². The Bertz CT molecular complexity index is 674. The summed E-state index contributed by atoms with van der Waals surface area (Å²) >= 11 is 0. The van der Waals surface area contributed by atoms with Crippen molar-refractivity contribution in [2.24, 2.45) is 28.9 Å². The van der Waals surface area contributed by atoms with Crippen LogP contribution in [0.2, 0.25) is 0 Å². The summed E-state index contributed by atoms with van der Waals surface area (Å²) in [6, 6.07) is 0. The Morgan fingerprint density at radius 3 is 2.65 bits per heavy atom. The first-order valence-corrected chi connectivity index (χ1v) is 10.3. The van der Waals surface area contributed by atoms with Crippen molar-refractivity contribution in [2.75, 3.05) is 0 Å². The van der Waals surface area contributed by atoms with Crippen molar-refractivity contribution in [2.45, 2.75) is 64.3 Å². The second-order valence-corrected chi connectivity index (χ2v) is 9.24. The van der Waals surface area contributed by atoms with Crippen LogP contribution >= 0.6 is 0 Å². The second-order valence-electron chi connectivity index (χ2n) is 7.71. The number of alkyl halides is 3. The summed E-state index contributed by atoms with van der Waals surface area (Å²) < 4.78 is 65.3. The lowest BCUT2D eigenvalue weighted by Gasteiger charge is -2.42. The molecule has 26 heavy (non-hydrogen) atoms. The Balaban J connectivity index is 2.12. The number of fused-ring (bicyclic) bond motifs is 1. The summed E-state index contributed by atoms with van der Waals surface area (Å²) in [6.45, 7) is 4.08. The fourth-order valence-electron chi connectivity index (χ4n) is 4.76. The summed E-state index contributed by atoms with van der Waals surface area (Å²) in [5.74, 6) is -0.245. The highest BCUT2D eigenvalue weighted by atomic mass is 32.2. The first-order chi connectivity index (χ1) is 11.9. The molecule has 0 bridgehead atoms. The number of allylic oxidation sites excluding steroid dienone is 2. The standard InChI is InChI=1S/C17H26F3NO4S/c1-11(5-3-7-15(21)22)12-8-9-13-14(6-4-10-16(12,13)2)25-26(23,24)17(18,19)20/h6,11-13H,3-5,7-10H2,1-2H3,(H2,21,22)/t11-,12-,13+,16-/m1/s1. The molecule has 1 saturated carbocycles. The van der Waals surface area contributed by atoms with Gasteiger partial charge in [-0.3, -0.25) is 4.79 Å². The average molecular weight is 397 g/mol. The lowest BCUT2D eigenvalue weighted by Crippen LogP contribution is -2.37. The van der Waals surface area contributed by atoms with Crippen LogP contribution in [0.3, 0.4) is 0 Å². The molecule has 0 aromatic rings. The maximum atomic E-state index is 12.7. The van der Waals surface area contributed by atoms with Crippen molar-refractivity contribution in [3.05, 3.63) is 11.8 Å². The topological polar surface area (TPSA) is 86.5 Å². The predicted molar refractivity (Wildman–Crippen MR) is 89.9 cm³/mol. The van der Waals surface area contributed by atoms with Crippen LogP contribution in [0.1, 0.15) is 58.8 Å². The van der Waals surface area contributed by atoms with E-state index in [0.717, 1.165) is 19.3 Å². The molecule has 2 aliphatic carbocycles. The lowest BCUT2D eigenvalue weighted by atomic mass is 9.63. The molecule has 9 heteroatoms. The van der Waals surface area contributed by atoms with Gasteiger partial charge in [0.05, 0.1) is 0 Å². The van der Waals surface area contributed by atoms with Crippen molar-refractivity contribution < 1.29 is 30.6 Å². The van der Waals surface area contributed by atoms with Gasteiger partial charge in [-0.15, -0.1) is 0 Å². The maximum absolute atomic E-state index is 12.7. The van der Waals surface area contributed by atoms with Gasteiger partial charge >= 0.3 is 15.6 Å². The van der Waals surface area contributed by atoms with Crippen LogP contribution in [0.5, 0.6) is 0 Å². The third-order valence-corrected chi connectivity index (χ3v) is 7.02. The zero-order chi connectivity index (χ0) is 19.8. The minimum atomic E-state index is -5.64. The smallest absolute Gasteiger partial charge is 0.381 e. The molecule has 0 heterocycles. The number of carbonyl (C=O) groups is 1. The van der Waals surface area contributed by atoms with Crippen molar-refractivity contribution in [1.29, 1.82) is 0 Å². The van der Waals surface area contributed by atoms with E-state index in [1.54, 1.807) is 0 Å². The van der Waals surface area contributed by atoms with Gasteiger partial charge in [-0.25, -0.2) is 0 Å². The summed E-state index contributed by atoms with van der Waals surface area (Å²) in [5.41, 5.74) is -0.572. The van der Waals surface area contributed by atoms with E-state index in [9.17, 15) is 26.4 Å². The van der Waals surface area contributed by atoms with Crippen LogP contribution < -0.4 is 5.73 Å². The quantitative estimate of drug-likeness (QED) is 0.522. The second kappa shape index (κ2) is 7.40. The fourth-order valence-corrected chi connectivity index (χ4v) is 5.29. The molecule has 1 amide bonds. The number of hydrogen-bond acceptors (Lipinski definition) is 4. The van der Waals surface area contributed by atoms with Gasteiger partial charge < -0.3 is 9.92 Å². The third kappa shape index (κ3) is 4.18. The van der Waals surface area contributed by atoms with Gasteiger partial charge in [-0.05, 0) is 61.9 Å². The van der Waals surface area contributed by atoms with Crippen LogP contribution in [0, 0.1) is 23.2 Å². The lowest BCUT2D eigenvalue weighted by molar-refractivity contribution is -0.118. The molecular formula is C17H26F3NO4S. The first-order valence-electron chi connectivity index (χ1n) is 8.87. The maximum Gasteiger partial charge on any atom is 0.534 e.